The molecular formula is C33H27F3N4O4. The van der Waals surface area contributed by atoms with Crippen LogP contribution in [0.1, 0.15) is 54.3 Å². The van der Waals surface area contributed by atoms with Gasteiger partial charge in [-0.2, -0.15) is 8.78 Å². The summed E-state index contributed by atoms with van der Waals surface area (Å²) in [5.74, 6) is -2.70. The molecule has 0 saturated carbocycles. The fourth-order valence-corrected chi connectivity index (χ4v) is 5.73. The number of amides is 1. The lowest BCUT2D eigenvalue weighted by molar-refractivity contribution is -0.185. The van der Waals surface area contributed by atoms with Gasteiger partial charge in [0.2, 0.25) is 0 Å². The van der Waals surface area contributed by atoms with Crippen LogP contribution in [0.5, 0.6) is 11.5 Å². The van der Waals surface area contributed by atoms with E-state index in [9.17, 15) is 23.5 Å². The molecule has 1 aliphatic carbocycles. The molecule has 11 heteroatoms. The first-order chi connectivity index (χ1) is 20.9. The Morgan fingerprint density at radius 1 is 1.07 bits per heavy atom. The predicted molar refractivity (Wildman–Crippen MR) is 156 cm³/mol. The Morgan fingerprint density at radius 2 is 1.84 bits per heavy atom. The third-order valence-electron chi connectivity index (χ3n) is 7.63. The summed E-state index contributed by atoms with van der Waals surface area (Å²) < 4.78 is 50.9. The summed E-state index contributed by atoms with van der Waals surface area (Å²) in [6.45, 7) is 3.81. The van der Waals surface area contributed by atoms with Crippen LogP contribution in [-0.4, -0.2) is 26.8 Å². The van der Waals surface area contributed by atoms with E-state index in [2.05, 4.69) is 15.3 Å². The average molecular weight is 601 g/mol. The van der Waals surface area contributed by atoms with Gasteiger partial charge in [0.25, 0.3) is 5.91 Å². The molecule has 0 radical (unpaired) electrons. The number of aromatic nitrogens is 2. The molecule has 0 fully saturated rings. The van der Waals surface area contributed by atoms with Crippen molar-refractivity contribution >= 4 is 23.1 Å². The SMILES string of the molecule is CC1(C)CC(=O)C2=C(C1)Nc1c(O)cccc1N(C(=O)c1cnccn1)C2c1ccc(OC(F)(F)c2ccccc2)cc1F. The Bertz CT molecular complexity index is 1800. The number of phenolic OH excluding ortho intramolecular Hbond substituents is 1. The van der Waals surface area contributed by atoms with Crippen LogP contribution >= 0.6 is 0 Å². The number of rotatable bonds is 5. The number of carbonyl (C=O) groups is 2. The largest absolute Gasteiger partial charge is 0.506 e. The van der Waals surface area contributed by atoms with Gasteiger partial charge in [-0.25, -0.2) is 9.37 Å². The van der Waals surface area contributed by atoms with E-state index >= 15 is 4.39 Å². The molecule has 1 aliphatic heterocycles. The van der Waals surface area contributed by atoms with Gasteiger partial charge < -0.3 is 15.2 Å². The number of allylic oxidation sites excluding steroid dienone is 1. The maximum absolute atomic E-state index is 16.2. The highest BCUT2D eigenvalue weighted by molar-refractivity contribution is 6.11. The van der Waals surface area contributed by atoms with Gasteiger partial charge in [-0.15, -0.1) is 0 Å². The van der Waals surface area contributed by atoms with Crippen molar-refractivity contribution in [3.63, 3.8) is 0 Å². The Morgan fingerprint density at radius 3 is 2.55 bits per heavy atom. The first-order valence-corrected chi connectivity index (χ1v) is 13.8. The Balaban J connectivity index is 1.54. The van der Waals surface area contributed by atoms with Gasteiger partial charge in [0.15, 0.2) is 5.78 Å². The van der Waals surface area contributed by atoms with Gasteiger partial charge in [0.1, 0.15) is 28.7 Å². The van der Waals surface area contributed by atoms with Crippen LogP contribution in [0.2, 0.25) is 0 Å². The number of hydrogen-bond donors (Lipinski definition) is 2. The van der Waals surface area contributed by atoms with E-state index in [1.807, 2.05) is 13.8 Å². The van der Waals surface area contributed by atoms with E-state index in [1.165, 1.54) is 72.0 Å². The van der Waals surface area contributed by atoms with Crippen LogP contribution in [0, 0.1) is 11.2 Å². The van der Waals surface area contributed by atoms with Gasteiger partial charge in [0, 0.05) is 41.7 Å². The molecule has 0 spiro atoms. The summed E-state index contributed by atoms with van der Waals surface area (Å²) in [7, 11) is 0. The molecule has 224 valence electrons. The van der Waals surface area contributed by atoms with Crippen LogP contribution in [0.25, 0.3) is 0 Å². The summed E-state index contributed by atoms with van der Waals surface area (Å²) in [5.41, 5.74) is -0.320. The lowest BCUT2D eigenvalue weighted by Gasteiger charge is -2.37. The fourth-order valence-electron chi connectivity index (χ4n) is 5.73. The lowest BCUT2D eigenvalue weighted by Crippen LogP contribution is -2.40. The number of anilines is 2. The molecule has 1 amide bonds. The topological polar surface area (TPSA) is 105 Å². The third-order valence-corrected chi connectivity index (χ3v) is 7.63. The molecule has 4 aromatic rings. The van der Waals surface area contributed by atoms with Crippen LogP contribution in [0.15, 0.2) is 96.6 Å². The zero-order chi connectivity index (χ0) is 31.2. The zero-order valence-electron chi connectivity index (χ0n) is 23.7. The monoisotopic (exact) mass is 600 g/mol. The minimum absolute atomic E-state index is 0.0951. The molecule has 1 aromatic heterocycles. The number of Topliss-reactive ketones (excluding diaryl/α,β-unsaturated/α-hetero) is 1. The molecule has 2 N–H and O–H groups in total. The number of nitrogens with one attached hydrogen (secondary N) is 1. The maximum Gasteiger partial charge on any atom is 0.426 e. The highest BCUT2D eigenvalue weighted by atomic mass is 19.3. The third kappa shape index (κ3) is 5.25. The van der Waals surface area contributed by atoms with Gasteiger partial charge in [-0.05, 0) is 48.2 Å². The van der Waals surface area contributed by atoms with Crippen LogP contribution in [-0.2, 0) is 10.9 Å². The average Bonchev–Trinajstić information content (AvgIpc) is 3.12. The van der Waals surface area contributed by atoms with Crippen molar-refractivity contribution in [3.05, 3.63) is 119 Å². The van der Waals surface area contributed by atoms with Gasteiger partial charge in [-0.3, -0.25) is 19.5 Å². The van der Waals surface area contributed by atoms with Crippen molar-refractivity contribution in [2.75, 3.05) is 10.2 Å². The van der Waals surface area contributed by atoms with Gasteiger partial charge in [-0.1, -0.05) is 38.1 Å². The van der Waals surface area contributed by atoms with Crippen LogP contribution < -0.4 is 15.0 Å². The number of ketones is 1. The number of benzene rings is 3. The summed E-state index contributed by atoms with van der Waals surface area (Å²) >= 11 is 0. The quantitative estimate of drug-likeness (QED) is 0.240. The van der Waals surface area contributed by atoms with Crippen molar-refractivity contribution in [1.82, 2.24) is 9.97 Å². The van der Waals surface area contributed by atoms with Gasteiger partial charge in [0.05, 0.1) is 23.5 Å². The maximum atomic E-state index is 16.2. The van der Waals surface area contributed by atoms with Crippen molar-refractivity contribution in [3.8, 4) is 11.5 Å². The zero-order valence-corrected chi connectivity index (χ0v) is 23.7. The van der Waals surface area contributed by atoms with Crippen molar-refractivity contribution in [1.29, 1.82) is 0 Å². The lowest BCUT2D eigenvalue weighted by atomic mass is 9.73. The van der Waals surface area contributed by atoms with Gasteiger partial charge >= 0.3 is 6.11 Å². The summed E-state index contributed by atoms with van der Waals surface area (Å²) in [5, 5.41) is 14.1. The standard InChI is InChI=1S/C33H27F3N4O4/c1-32(2)16-23-28(27(42)17-32)30(21-12-11-20(15-22(21)34)44-33(35,36)19-7-4-3-5-8-19)40(31(43)24-18-37-13-14-38-24)25-9-6-10-26(41)29(25)39-23/h3-15,18,30,39,41H,16-17H2,1-2H3. The number of carbonyl (C=O) groups excluding carboxylic acids is 2. The number of fused-ring (bicyclic) bond motifs is 1. The number of hydrogen-bond acceptors (Lipinski definition) is 7. The minimum atomic E-state index is -3.76. The Kier molecular flexibility index (Phi) is 7.11. The molecular weight excluding hydrogens is 573 g/mol. The summed E-state index contributed by atoms with van der Waals surface area (Å²) in [4.78, 5) is 37.3. The highest BCUT2D eigenvalue weighted by Crippen LogP contribution is 2.51. The van der Waals surface area contributed by atoms with E-state index in [0.29, 0.717) is 12.1 Å². The first-order valence-electron chi connectivity index (χ1n) is 13.8. The Labute approximate surface area is 250 Å². The number of aromatic hydroxyl groups is 1. The highest BCUT2D eigenvalue weighted by Gasteiger charge is 2.45. The van der Waals surface area contributed by atoms with E-state index in [4.69, 9.17) is 4.74 Å². The summed E-state index contributed by atoms with van der Waals surface area (Å²) in [6.07, 6.45) is 0.630. The van der Waals surface area contributed by atoms with Crippen molar-refractivity contribution in [2.24, 2.45) is 5.41 Å². The van der Waals surface area contributed by atoms with E-state index in [-0.39, 0.29) is 46.2 Å². The molecule has 3 aromatic carbocycles. The van der Waals surface area contributed by atoms with Crippen LogP contribution in [0.3, 0.4) is 0 Å². The minimum Gasteiger partial charge on any atom is -0.506 e. The normalized spacial score (nSPS) is 17.7. The second-order valence-electron chi connectivity index (χ2n) is 11.5. The molecule has 44 heavy (non-hydrogen) atoms. The smallest absolute Gasteiger partial charge is 0.426 e. The van der Waals surface area contributed by atoms with Crippen LogP contribution in [0.4, 0.5) is 24.5 Å². The molecule has 8 nitrogen and oxygen atoms in total. The predicted octanol–water partition coefficient (Wildman–Crippen LogP) is 6.91. The summed E-state index contributed by atoms with van der Waals surface area (Å²) in [6, 6.07) is 13.1. The first kappa shape index (κ1) is 28.9. The number of alkyl halides is 2. The molecule has 1 atom stereocenters. The second-order valence-corrected chi connectivity index (χ2v) is 11.5. The van der Waals surface area contributed by atoms with E-state index < -0.39 is 40.6 Å². The molecule has 2 heterocycles. The number of halogens is 3. The number of nitrogens with zero attached hydrogens (tertiary/aromatic N) is 3. The number of para-hydroxylation sites is 1. The van der Waals surface area contributed by atoms with Crippen molar-refractivity contribution < 1.29 is 32.6 Å². The van der Waals surface area contributed by atoms with Crippen molar-refractivity contribution in [2.45, 2.75) is 38.8 Å². The number of phenols is 1. The number of ether oxygens (including phenoxy) is 1. The fraction of sp³-hybridized carbons (Fsp3) is 0.212. The van der Waals surface area contributed by atoms with E-state index in [0.717, 1.165) is 6.07 Å². The second kappa shape index (κ2) is 10.8. The molecule has 6 rings (SSSR count). The molecule has 0 saturated heterocycles. The molecule has 2 aliphatic rings. The van der Waals surface area contributed by atoms with E-state index in [1.54, 1.807) is 12.1 Å². The molecule has 1 unspecified atom stereocenters. The molecule has 0 bridgehead atoms. The Hall–Kier alpha value is -5.19.